The molecule has 0 aromatic heterocycles. The van der Waals surface area contributed by atoms with E-state index in [4.69, 9.17) is 0 Å². The first-order chi connectivity index (χ1) is 4.22. The Morgan fingerprint density at radius 2 is 1.67 bits per heavy atom. The van der Waals surface area contributed by atoms with Gasteiger partial charge in [0.1, 0.15) is 5.75 Å². The summed E-state index contributed by atoms with van der Waals surface area (Å²) >= 11 is 4.13. The normalized spacial score (nSPS) is 9.56. The largest absolute Gasteiger partial charge is 0.506 e. The number of aromatic hydroxyl groups is 1. The van der Waals surface area contributed by atoms with E-state index in [-0.39, 0.29) is 0 Å². The summed E-state index contributed by atoms with van der Waals surface area (Å²) in [6, 6.07) is 6.39. The first-order valence-corrected chi connectivity index (χ1v) is 4.41. The quantitative estimate of drug-likeness (QED) is 0.717. The fraction of sp³-hybridized carbons (Fsp3) is 0. The van der Waals surface area contributed by atoms with Crippen LogP contribution in [-0.4, -0.2) is 5.11 Å². The minimum absolute atomic E-state index is 0.356. The highest BCUT2D eigenvalue weighted by Crippen LogP contribution is 2.24. The number of hydrogen-bond donors (Lipinski definition) is 1. The van der Waals surface area contributed by atoms with E-state index < -0.39 is 0 Å². The van der Waals surface area contributed by atoms with Gasteiger partial charge in [-0.2, -0.15) is 0 Å². The van der Waals surface area contributed by atoms with Gasteiger partial charge in [0, 0.05) is 0 Å². The lowest BCUT2D eigenvalue weighted by Gasteiger charge is -1.95. The molecule has 0 atom stereocenters. The van der Waals surface area contributed by atoms with E-state index in [1.54, 1.807) is 12.1 Å². The van der Waals surface area contributed by atoms with Crippen molar-refractivity contribution < 1.29 is 5.11 Å². The third-order valence-corrected chi connectivity index (χ3v) is 2.52. The summed E-state index contributed by atoms with van der Waals surface area (Å²) < 4.78 is 1.69. The Labute approximate surface area is 80.7 Å². The van der Waals surface area contributed by atoms with Gasteiger partial charge in [-0.3, -0.25) is 0 Å². The second-order valence-electron chi connectivity index (χ2n) is 1.50. The predicted octanol–water partition coefficient (Wildman–Crippen LogP) is 2.40. The van der Waals surface area contributed by atoms with E-state index in [0.29, 0.717) is 5.75 Å². The van der Waals surface area contributed by atoms with E-state index in [2.05, 4.69) is 51.2 Å². The molecule has 0 aliphatic heterocycles. The molecule has 47 valence electrons. The molecule has 1 nitrogen and oxygen atoms in total. The fourth-order valence-corrected chi connectivity index (χ4v) is 1.90. The smallest absolute Gasteiger partial charge is 0.142 e. The van der Waals surface area contributed by atoms with Crippen molar-refractivity contribution in [3.63, 3.8) is 0 Å². The topological polar surface area (TPSA) is 20.2 Å². The van der Waals surface area contributed by atoms with Crippen LogP contribution in [0.4, 0.5) is 0 Å². The number of phenolic OH excluding ortho intramolecular Hbond substituents is 1. The minimum Gasteiger partial charge on any atom is -0.506 e. The van der Waals surface area contributed by atoms with Crippen molar-refractivity contribution >= 4 is 45.2 Å². The standard InChI is InChI=1S/C6H3I2O/c7-4-2-1-3-5(8)6(4)9/h2-3,9H. The molecule has 1 radical (unpaired) electrons. The van der Waals surface area contributed by atoms with Crippen molar-refractivity contribution in [1.29, 1.82) is 0 Å². The first kappa shape index (κ1) is 7.59. The number of phenols is 1. The van der Waals surface area contributed by atoms with Crippen LogP contribution in [0.2, 0.25) is 0 Å². The number of hydrogen-bond acceptors (Lipinski definition) is 1. The first-order valence-electron chi connectivity index (χ1n) is 2.26. The van der Waals surface area contributed by atoms with Crippen LogP contribution >= 0.6 is 45.2 Å². The Kier molecular flexibility index (Phi) is 2.57. The van der Waals surface area contributed by atoms with E-state index in [1.807, 2.05) is 0 Å². The molecule has 0 aliphatic carbocycles. The summed E-state index contributed by atoms with van der Waals surface area (Å²) in [4.78, 5) is 0. The molecule has 1 aromatic rings. The summed E-state index contributed by atoms with van der Waals surface area (Å²) in [6.07, 6.45) is 0. The van der Waals surface area contributed by atoms with Gasteiger partial charge in [0.15, 0.2) is 0 Å². The summed E-state index contributed by atoms with van der Waals surface area (Å²) in [5.74, 6) is 0.356. The van der Waals surface area contributed by atoms with Gasteiger partial charge in [-0.15, -0.1) is 0 Å². The maximum Gasteiger partial charge on any atom is 0.142 e. The number of halogens is 2. The van der Waals surface area contributed by atoms with Gasteiger partial charge in [0.05, 0.1) is 7.14 Å². The fourth-order valence-electron chi connectivity index (χ4n) is 0.439. The summed E-state index contributed by atoms with van der Waals surface area (Å²) in [5.41, 5.74) is 0. The molecule has 0 saturated heterocycles. The van der Waals surface area contributed by atoms with Crippen molar-refractivity contribution in [2.24, 2.45) is 0 Å². The molecular weight excluding hydrogens is 342 g/mol. The summed E-state index contributed by atoms with van der Waals surface area (Å²) in [7, 11) is 0. The number of rotatable bonds is 0. The van der Waals surface area contributed by atoms with Crippen molar-refractivity contribution in [2.45, 2.75) is 0 Å². The molecule has 0 unspecified atom stereocenters. The Morgan fingerprint density at radius 3 is 2.00 bits per heavy atom. The van der Waals surface area contributed by atoms with Gasteiger partial charge < -0.3 is 5.11 Å². The van der Waals surface area contributed by atoms with E-state index >= 15 is 0 Å². The zero-order valence-electron chi connectivity index (χ0n) is 4.36. The second kappa shape index (κ2) is 3.05. The Morgan fingerprint density at radius 1 is 1.22 bits per heavy atom. The highest BCUT2D eigenvalue weighted by atomic mass is 127. The van der Waals surface area contributed by atoms with Crippen LogP contribution in [-0.2, 0) is 0 Å². The van der Waals surface area contributed by atoms with Gasteiger partial charge in [0.25, 0.3) is 0 Å². The average molecular weight is 345 g/mol. The van der Waals surface area contributed by atoms with Crippen LogP contribution in [0.15, 0.2) is 12.1 Å². The monoisotopic (exact) mass is 345 g/mol. The summed E-state index contributed by atoms with van der Waals surface area (Å²) in [6.45, 7) is 0. The highest BCUT2D eigenvalue weighted by molar-refractivity contribution is 14.1. The van der Waals surface area contributed by atoms with Gasteiger partial charge in [-0.1, -0.05) is 0 Å². The van der Waals surface area contributed by atoms with Crippen LogP contribution in [0.3, 0.4) is 0 Å². The Balaban J connectivity index is 3.25. The molecule has 0 heterocycles. The molecule has 9 heavy (non-hydrogen) atoms. The van der Waals surface area contributed by atoms with Crippen LogP contribution in [0.1, 0.15) is 0 Å². The molecule has 1 rings (SSSR count). The molecule has 1 aromatic carbocycles. The molecule has 1 N–H and O–H groups in total. The van der Waals surface area contributed by atoms with E-state index in [9.17, 15) is 5.11 Å². The lowest BCUT2D eigenvalue weighted by Crippen LogP contribution is -1.76. The van der Waals surface area contributed by atoms with Crippen LogP contribution < -0.4 is 0 Å². The summed E-state index contributed by atoms with van der Waals surface area (Å²) in [5, 5.41) is 9.17. The van der Waals surface area contributed by atoms with Crippen molar-refractivity contribution in [3.8, 4) is 5.75 Å². The molecule has 0 saturated carbocycles. The minimum atomic E-state index is 0.356. The molecule has 0 fully saturated rings. The third kappa shape index (κ3) is 1.70. The second-order valence-corrected chi connectivity index (χ2v) is 3.82. The van der Waals surface area contributed by atoms with Crippen molar-refractivity contribution in [1.82, 2.24) is 0 Å². The Hall–Kier alpha value is 0.480. The highest BCUT2D eigenvalue weighted by Gasteiger charge is 1.98. The van der Waals surface area contributed by atoms with Crippen LogP contribution in [0.25, 0.3) is 0 Å². The maximum absolute atomic E-state index is 9.17. The molecule has 0 amide bonds. The van der Waals surface area contributed by atoms with Gasteiger partial charge >= 0.3 is 0 Å². The van der Waals surface area contributed by atoms with Crippen molar-refractivity contribution in [3.05, 3.63) is 25.3 Å². The lowest BCUT2D eigenvalue weighted by atomic mass is 10.3. The SMILES string of the molecule is Oc1c(I)c[c]cc1I. The zero-order chi connectivity index (χ0) is 6.85. The molecule has 0 aliphatic rings. The molecule has 0 spiro atoms. The average Bonchev–Trinajstić information content (AvgIpc) is 1.83. The van der Waals surface area contributed by atoms with E-state index in [1.165, 1.54) is 0 Å². The zero-order valence-corrected chi connectivity index (χ0v) is 8.67. The van der Waals surface area contributed by atoms with Gasteiger partial charge in [-0.25, -0.2) is 0 Å². The maximum atomic E-state index is 9.17. The predicted molar refractivity (Wildman–Crippen MR) is 52.4 cm³/mol. The van der Waals surface area contributed by atoms with Crippen LogP contribution in [0.5, 0.6) is 5.75 Å². The van der Waals surface area contributed by atoms with Gasteiger partial charge in [0.2, 0.25) is 0 Å². The molecular formula is C6H3I2O. The van der Waals surface area contributed by atoms with Gasteiger partial charge in [-0.05, 0) is 63.4 Å². The number of benzene rings is 1. The third-order valence-electron chi connectivity index (χ3n) is 0.873. The Bertz CT molecular complexity index is 202. The molecule has 0 bridgehead atoms. The van der Waals surface area contributed by atoms with Crippen molar-refractivity contribution in [2.75, 3.05) is 0 Å². The van der Waals surface area contributed by atoms with E-state index in [0.717, 1.165) is 7.14 Å². The molecule has 3 heteroatoms. The van der Waals surface area contributed by atoms with Crippen LogP contribution in [0, 0.1) is 13.2 Å². The lowest BCUT2D eigenvalue weighted by molar-refractivity contribution is 0.467.